The summed E-state index contributed by atoms with van der Waals surface area (Å²) >= 11 is 0. The Kier molecular flexibility index (Phi) is 11.3. The maximum atomic E-state index is 11.8. The van der Waals surface area contributed by atoms with E-state index < -0.39 is 86.2 Å². The van der Waals surface area contributed by atoms with Gasteiger partial charge in [0.2, 0.25) is 11.8 Å². The van der Waals surface area contributed by atoms with Crippen molar-refractivity contribution in [2.75, 3.05) is 13.2 Å². The number of aromatic nitrogens is 6. The van der Waals surface area contributed by atoms with Crippen molar-refractivity contribution in [1.82, 2.24) is 40.6 Å². The van der Waals surface area contributed by atoms with Crippen LogP contribution in [0.5, 0.6) is 11.5 Å². The maximum absolute atomic E-state index is 11.8. The highest BCUT2D eigenvalue weighted by molar-refractivity contribution is 5.85. The van der Waals surface area contributed by atoms with Gasteiger partial charge in [0.25, 0.3) is 0 Å². The molecule has 280 valence electrons. The molecule has 0 aliphatic carbocycles. The Balaban J connectivity index is 1.07. The van der Waals surface area contributed by atoms with Crippen LogP contribution >= 0.6 is 0 Å². The highest BCUT2D eigenvalue weighted by Gasteiger charge is 2.47. The van der Waals surface area contributed by atoms with Crippen molar-refractivity contribution in [3.05, 3.63) is 60.2 Å². The zero-order valence-electron chi connectivity index (χ0n) is 28.0. The largest absolute Gasteiger partial charge is 0.487 e. The summed E-state index contributed by atoms with van der Waals surface area (Å²) < 4.78 is 25.9. The molecule has 2 aliphatic rings. The first-order chi connectivity index (χ1) is 24.9. The zero-order valence-corrected chi connectivity index (χ0v) is 28.0. The molecule has 2 saturated heterocycles. The number of aliphatic hydroxyl groups excluding tert-OH is 6. The summed E-state index contributed by atoms with van der Waals surface area (Å²) in [4.78, 5) is 23.5. The number of nitrogens with one attached hydrogen (secondary N) is 2. The molecule has 0 spiro atoms. The third-order valence-electron chi connectivity index (χ3n) is 8.73. The molecule has 52 heavy (non-hydrogen) atoms. The predicted molar refractivity (Wildman–Crippen MR) is 174 cm³/mol. The average Bonchev–Trinajstić information content (AvgIpc) is 3.80. The lowest BCUT2D eigenvalue weighted by molar-refractivity contribution is -0.219. The van der Waals surface area contributed by atoms with Crippen molar-refractivity contribution >= 4 is 22.6 Å². The van der Waals surface area contributed by atoms with Gasteiger partial charge in [-0.05, 0) is 35.0 Å². The number of nitrogens with zero attached hydrogens (tertiary/aromatic N) is 6. The Morgan fingerprint density at radius 3 is 1.46 bits per heavy atom. The Morgan fingerprint density at radius 2 is 1.10 bits per heavy atom. The Labute approximate surface area is 295 Å². The van der Waals surface area contributed by atoms with Gasteiger partial charge in [0.1, 0.15) is 84.8 Å². The SMILES string of the molecule is CC(=O)N[C@@H]1[C@@H](O)[C@H](O)[C@@H](CO)O[C@H]1n1cc(COc2ccc3cc(OCc4cn([C@@H]5O[C@H](CO)[C@@H](O)[C@H](O)[C@H]5NC(C)=O)nn4)ccc3c2)nn1. The van der Waals surface area contributed by atoms with E-state index in [4.69, 9.17) is 18.9 Å². The van der Waals surface area contributed by atoms with Crippen LogP contribution in [-0.2, 0) is 32.3 Å². The summed E-state index contributed by atoms with van der Waals surface area (Å²) in [7, 11) is 0. The number of carbonyl (C=O) groups excluding carboxylic acids is 2. The Morgan fingerprint density at radius 1 is 0.692 bits per heavy atom. The van der Waals surface area contributed by atoms with Crippen LogP contribution in [0.25, 0.3) is 10.8 Å². The number of hydrogen-bond donors (Lipinski definition) is 8. The van der Waals surface area contributed by atoms with Crippen LogP contribution in [0, 0.1) is 0 Å². The number of rotatable bonds is 12. The van der Waals surface area contributed by atoms with Gasteiger partial charge in [0, 0.05) is 13.8 Å². The lowest BCUT2D eigenvalue weighted by Crippen LogP contribution is -2.62. The van der Waals surface area contributed by atoms with E-state index in [1.165, 1.54) is 35.6 Å². The molecule has 2 aliphatic heterocycles. The molecule has 2 amide bonds. The third kappa shape index (κ3) is 7.98. The summed E-state index contributed by atoms with van der Waals surface area (Å²) in [6.07, 6.45) is -6.98. The molecule has 0 saturated carbocycles. The van der Waals surface area contributed by atoms with Gasteiger partial charge >= 0.3 is 0 Å². The van der Waals surface area contributed by atoms with E-state index in [2.05, 4.69) is 31.3 Å². The van der Waals surface area contributed by atoms with Crippen molar-refractivity contribution in [2.24, 2.45) is 0 Å². The lowest BCUT2D eigenvalue weighted by atomic mass is 9.96. The van der Waals surface area contributed by atoms with Gasteiger partial charge in [-0.1, -0.05) is 22.6 Å². The van der Waals surface area contributed by atoms with E-state index in [1.54, 1.807) is 12.1 Å². The molecule has 0 bridgehead atoms. The van der Waals surface area contributed by atoms with Crippen molar-refractivity contribution < 1.29 is 59.2 Å². The van der Waals surface area contributed by atoms with E-state index in [-0.39, 0.29) is 13.2 Å². The molecule has 0 radical (unpaired) electrons. The van der Waals surface area contributed by atoms with E-state index in [9.17, 15) is 40.2 Å². The predicted octanol–water partition coefficient (Wildman–Crippen LogP) is -2.59. The minimum absolute atomic E-state index is 0.0250. The van der Waals surface area contributed by atoms with E-state index in [1.807, 2.05) is 24.3 Å². The van der Waals surface area contributed by atoms with Gasteiger partial charge in [-0.25, -0.2) is 9.36 Å². The van der Waals surface area contributed by atoms with Gasteiger partial charge in [-0.2, -0.15) is 0 Å². The Hall–Kier alpha value is -4.80. The van der Waals surface area contributed by atoms with Crippen LogP contribution in [-0.4, -0.2) is 134 Å². The minimum atomic E-state index is -1.43. The van der Waals surface area contributed by atoms with Crippen LogP contribution in [0.2, 0.25) is 0 Å². The first kappa shape index (κ1) is 37.0. The van der Waals surface area contributed by atoms with Gasteiger partial charge in [-0.3, -0.25) is 9.59 Å². The maximum Gasteiger partial charge on any atom is 0.217 e. The summed E-state index contributed by atoms with van der Waals surface area (Å²) in [5, 5.41) is 84.0. The third-order valence-corrected chi connectivity index (χ3v) is 8.73. The number of hydrogen-bond acceptors (Lipinski definition) is 16. The van der Waals surface area contributed by atoms with Crippen molar-refractivity contribution in [3.63, 3.8) is 0 Å². The van der Waals surface area contributed by atoms with Crippen LogP contribution < -0.4 is 20.1 Å². The second-order valence-electron chi connectivity index (χ2n) is 12.5. The van der Waals surface area contributed by atoms with Gasteiger partial charge in [-0.15, -0.1) is 10.2 Å². The summed E-state index contributed by atoms with van der Waals surface area (Å²) in [6, 6.07) is 8.78. The summed E-state index contributed by atoms with van der Waals surface area (Å²) in [5.74, 6) is 0.171. The van der Waals surface area contributed by atoms with Crippen molar-refractivity contribution in [1.29, 1.82) is 0 Å². The molecule has 20 heteroatoms. The molecule has 4 aromatic rings. The minimum Gasteiger partial charge on any atom is -0.487 e. The van der Waals surface area contributed by atoms with E-state index >= 15 is 0 Å². The van der Waals surface area contributed by atoms with Crippen molar-refractivity contribution in [3.8, 4) is 11.5 Å². The molecular formula is C32H40N8O12. The first-order valence-corrected chi connectivity index (χ1v) is 16.4. The molecule has 6 rings (SSSR count). The number of ether oxygens (including phenoxy) is 4. The fourth-order valence-corrected chi connectivity index (χ4v) is 6.13. The summed E-state index contributed by atoms with van der Waals surface area (Å²) in [6.45, 7) is 1.45. The molecule has 4 heterocycles. The van der Waals surface area contributed by atoms with Gasteiger partial charge in [0.05, 0.1) is 25.6 Å². The molecule has 2 fully saturated rings. The number of aliphatic hydroxyl groups is 6. The van der Waals surface area contributed by atoms with Crippen LogP contribution in [0.4, 0.5) is 0 Å². The monoisotopic (exact) mass is 728 g/mol. The first-order valence-electron chi connectivity index (χ1n) is 16.4. The smallest absolute Gasteiger partial charge is 0.217 e. The number of carbonyl (C=O) groups is 2. The highest BCUT2D eigenvalue weighted by Crippen LogP contribution is 2.30. The number of benzene rings is 2. The fourth-order valence-electron chi connectivity index (χ4n) is 6.13. The lowest BCUT2D eigenvalue weighted by Gasteiger charge is -2.42. The van der Waals surface area contributed by atoms with Crippen LogP contribution in [0.15, 0.2) is 48.8 Å². The topological polar surface area (TPSA) is 278 Å². The van der Waals surface area contributed by atoms with Crippen LogP contribution in [0.3, 0.4) is 0 Å². The number of fused-ring (bicyclic) bond motifs is 1. The van der Waals surface area contributed by atoms with Gasteiger partial charge in [0.15, 0.2) is 12.5 Å². The molecule has 0 unspecified atom stereocenters. The second kappa shape index (κ2) is 15.8. The highest BCUT2D eigenvalue weighted by atomic mass is 16.6. The molecule has 10 atom stereocenters. The average molecular weight is 729 g/mol. The van der Waals surface area contributed by atoms with Crippen molar-refractivity contribution in [2.45, 2.75) is 88.2 Å². The summed E-state index contributed by atoms with van der Waals surface area (Å²) in [5.41, 5.74) is 0.824. The molecular weight excluding hydrogens is 688 g/mol. The second-order valence-corrected chi connectivity index (χ2v) is 12.5. The van der Waals surface area contributed by atoms with Gasteiger partial charge < -0.3 is 60.2 Å². The Bertz CT molecular complexity index is 1720. The fraction of sp³-hybridized carbons (Fsp3) is 0.500. The standard InChI is InChI=1S/C32H40N8O12/c1-15(43)33-25-29(47)27(45)23(11-41)51-31(25)39-9-19(35-37-39)13-49-21-5-3-18-8-22(6-4-17(18)7-21)50-14-20-10-40(38-36-20)32-26(34-16(2)44)30(48)28(46)24(12-42)52-32/h3-10,23-32,41-42,45-48H,11-14H2,1-2H3,(H,33,43)(H,34,44)/t23-,24-,25-,26-,27-,28-,29-,30-,31-,32-/m1/s1. The molecule has 8 N–H and O–H groups in total. The normalized spacial score (nSPS) is 29.1. The quantitative estimate of drug-likeness (QED) is 0.0743. The van der Waals surface area contributed by atoms with Crippen LogP contribution in [0.1, 0.15) is 37.7 Å². The molecule has 2 aromatic carbocycles. The van der Waals surface area contributed by atoms with E-state index in [0.29, 0.717) is 22.9 Å². The van der Waals surface area contributed by atoms with E-state index in [0.717, 1.165) is 10.8 Å². The molecule has 20 nitrogen and oxygen atoms in total. The zero-order chi connectivity index (χ0) is 37.1. The molecule has 2 aromatic heterocycles. The number of amides is 2.